The van der Waals surface area contributed by atoms with Crippen molar-refractivity contribution < 1.29 is 9.59 Å². The molecule has 0 bridgehead atoms. The summed E-state index contributed by atoms with van der Waals surface area (Å²) in [6, 6.07) is 8.99. The molecule has 5 nitrogen and oxygen atoms in total. The van der Waals surface area contributed by atoms with E-state index in [0.717, 1.165) is 64.3 Å². The summed E-state index contributed by atoms with van der Waals surface area (Å²) < 4.78 is 0. The predicted octanol–water partition coefficient (Wildman–Crippen LogP) is 3.82. The number of carbonyl (C=O) groups excluding carboxylic acids is 2. The molecule has 1 saturated heterocycles. The molecule has 5 heteroatoms. The average molecular weight is 370 g/mol. The third kappa shape index (κ3) is 3.88. The molecule has 3 amide bonds. The van der Waals surface area contributed by atoms with Crippen LogP contribution in [0.2, 0.25) is 0 Å². The minimum atomic E-state index is -0.633. The van der Waals surface area contributed by atoms with Gasteiger partial charge in [0.1, 0.15) is 5.54 Å². The van der Waals surface area contributed by atoms with Gasteiger partial charge in [0.2, 0.25) is 0 Å². The number of carbonyl (C=O) groups is 2. The van der Waals surface area contributed by atoms with Gasteiger partial charge in [0, 0.05) is 12.6 Å². The first-order chi connectivity index (χ1) is 13.1. The summed E-state index contributed by atoms with van der Waals surface area (Å²) >= 11 is 0. The van der Waals surface area contributed by atoms with Crippen LogP contribution in [0.15, 0.2) is 24.3 Å². The lowest BCUT2D eigenvalue weighted by Crippen LogP contribution is -2.47. The molecule has 146 valence electrons. The maximum atomic E-state index is 13.2. The van der Waals surface area contributed by atoms with Crippen molar-refractivity contribution in [3.63, 3.8) is 0 Å². The lowest BCUT2D eigenvalue weighted by molar-refractivity contribution is -0.133. The number of hydrogen-bond acceptors (Lipinski definition) is 3. The molecule has 2 aliphatic carbocycles. The highest BCUT2D eigenvalue weighted by molar-refractivity contribution is 6.07. The zero-order valence-corrected chi connectivity index (χ0v) is 16.4. The summed E-state index contributed by atoms with van der Waals surface area (Å²) in [5, 5.41) is 3.06. The molecule has 0 unspecified atom stereocenters. The largest absolute Gasteiger partial charge is 0.326 e. The Morgan fingerprint density at radius 3 is 2.26 bits per heavy atom. The molecule has 3 fully saturated rings. The number of nitrogens with one attached hydrogen (secondary N) is 1. The first kappa shape index (κ1) is 18.5. The second-order valence-electron chi connectivity index (χ2n) is 8.45. The number of urea groups is 1. The van der Waals surface area contributed by atoms with Gasteiger partial charge in [0.05, 0.1) is 6.67 Å². The van der Waals surface area contributed by atoms with Crippen LogP contribution in [0.1, 0.15) is 69.4 Å². The Kier molecular flexibility index (Phi) is 5.22. The second kappa shape index (κ2) is 7.63. The molecule has 1 heterocycles. The van der Waals surface area contributed by atoms with Crippen molar-refractivity contribution >= 4 is 11.9 Å². The van der Waals surface area contributed by atoms with Crippen molar-refractivity contribution in [2.24, 2.45) is 0 Å². The summed E-state index contributed by atoms with van der Waals surface area (Å²) in [5.41, 5.74) is 1.95. The second-order valence-corrected chi connectivity index (χ2v) is 8.45. The van der Waals surface area contributed by atoms with Crippen molar-refractivity contribution in [1.82, 2.24) is 15.1 Å². The molecule has 1 aromatic carbocycles. The third-order valence-electron chi connectivity index (χ3n) is 6.41. The average Bonchev–Trinajstić information content (AvgIpc) is 3.50. The third-order valence-corrected chi connectivity index (χ3v) is 6.41. The molecule has 27 heavy (non-hydrogen) atoms. The summed E-state index contributed by atoms with van der Waals surface area (Å²) in [4.78, 5) is 29.6. The van der Waals surface area contributed by atoms with Gasteiger partial charge in [-0.05, 0) is 43.2 Å². The van der Waals surface area contributed by atoms with Crippen LogP contribution in [0.5, 0.6) is 0 Å². The highest BCUT2D eigenvalue weighted by Crippen LogP contribution is 2.34. The Morgan fingerprint density at radius 1 is 1.04 bits per heavy atom. The molecule has 1 N–H and O–H groups in total. The number of rotatable bonds is 6. The van der Waals surface area contributed by atoms with Gasteiger partial charge in [-0.2, -0.15) is 0 Å². The van der Waals surface area contributed by atoms with Crippen LogP contribution in [0.3, 0.4) is 0 Å². The number of imide groups is 1. The maximum Gasteiger partial charge on any atom is 0.326 e. The lowest BCUT2D eigenvalue weighted by Gasteiger charge is -2.28. The smallest absolute Gasteiger partial charge is 0.323 e. The summed E-state index contributed by atoms with van der Waals surface area (Å²) in [6.07, 6.45) is 9.29. The molecule has 2 saturated carbocycles. The van der Waals surface area contributed by atoms with Crippen LogP contribution in [0, 0.1) is 0 Å². The molecular weight excluding hydrogens is 338 g/mol. The summed E-state index contributed by atoms with van der Waals surface area (Å²) in [7, 11) is 0. The minimum absolute atomic E-state index is 0.00128. The maximum absolute atomic E-state index is 13.2. The number of nitrogens with zero attached hydrogens (tertiary/aromatic N) is 2. The molecule has 0 atom stereocenters. The Hall–Kier alpha value is -1.88. The van der Waals surface area contributed by atoms with E-state index in [1.165, 1.54) is 16.0 Å². The van der Waals surface area contributed by atoms with E-state index in [0.29, 0.717) is 12.7 Å². The molecular formula is C22H31N3O2. The van der Waals surface area contributed by atoms with E-state index in [4.69, 9.17) is 0 Å². The monoisotopic (exact) mass is 369 g/mol. The molecule has 0 aromatic heterocycles. The van der Waals surface area contributed by atoms with Crippen LogP contribution in [-0.2, 0) is 17.8 Å². The molecule has 1 aliphatic heterocycles. The Balaban J connectivity index is 1.46. The summed E-state index contributed by atoms with van der Waals surface area (Å²) in [5.74, 6) is 0.00128. The topological polar surface area (TPSA) is 52.6 Å². The van der Waals surface area contributed by atoms with Gasteiger partial charge < -0.3 is 5.32 Å². The van der Waals surface area contributed by atoms with Crippen LogP contribution < -0.4 is 5.32 Å². The fraction of sp³-hybridized carbons (Fsp3) is 0.636. The molecule has 1 aromatic rings. The fourth-order valence-electron chi connectivity index (χ4n) is 4.51. The zero-order valence-electron chi connectivity index (χ0n) is 16.4. The standard InChI is InChI=1S/C22H31N3O2/c1-2-17-7-9-18(10-8-17)15-24(19-11-12-19)16-25-20(26)22(23-21(25)27)13-5-3-4-6-14-22/h7-10,19H,2-6,11-16H2,1H3,(H,23,27). The van der Waals surface area contributed by atoms with Gasteiger partial charge in [-0.15, -0.1) is 0 Å². The number of hydrogen-bond donors (Lipinski definition) is 1. The van der Waals surface area contributed by atoms with E-state index >= 15 is 0 Å². The highest BCUT2D eigenvalue weighted by atomic mass is 16.2. The van der Waals surface area contributed by atoms with Gasteiger partial charge in [-0.1, -0.05) is 56.9 Å². The van der Waals surface area contributed by atoms with Crippen LogP contribution in [-0.4, -0.2) is 40.0 Å². The van der Waals surface area contributed by atoms with Crippen molar-refractivity contribution in [3.8, 4) is 0 Å². The zero-order chi connectivity index (χ0) is 18.9. The fourth-order valence-corrected chi connectivity index (χ4v) is 4.51. The SMILES string of the molecule is CCc1ccc(CN(CN2C(=O)NC3(CCCCCC3)C2=O)C2CC2)cc1. The van der Waals surface area contributed by atoms with E-state index in [1.807, 2.05) is 0 Å². The van der Waals surface area contributed by atoms with E-state index in [1.54, 1.807) is 0 Å². The normalized spacial score (nSPS) is 22.4. The van der Waals surface area contributed by atoms with Crippen LogP contribution >= 0.6 is 0 Å². The van der Waals surface area contributed by atoms with Gasteiger partial charge in [-0.3, -0.25) is 9.69 Å². The first-order valence-electron chi connectivity index (χ1n) is 10.6. The quantitative estimate of drug-likeness (QED) is 0.776. The van der Waals surface area contributed by atoms with Crippen molar-refractivity contribution in [2.45, 2.75) is 82.8 Å². The molecule has 3 aliphatic rings. The highest BCUT2D eigenvalue weighted by Gasteiger charge is 2.51. The van der Waals surface area contributed by atoms with E-state index in [-0.39, 0.29) is 11.9 Å². The van der Waals surface area contributed by atoms with Gasteiger partial charge in [0.25, 0.3) is 5.91 Å². The molecule has 0 radical (unpaired) electrons. The number of benzene rings is 1. The van der Waals surface area contributed by atoms with Crippen molar-refractivity contribution in [3.05, 3.63) is 35.4 Å². The Bertz CT molecular complexity index is 688. The van der Waals surface area contributed by atoms with E-state index in [2.05, 4.69) is 41.4 Å². The molecule has 4 rings (SSSR count). The van der Waals surface area contributed by atoms with Gasteiger partial charge in [-0.25, -0.2) is 9.69 Å². The Labute approximate surface area is 162 Å². The predicted molar refractivity (Wildman–Crippen MR) is 105 cm³/mol. The molecule has 1 spiro atoms. The van der Waals surface area contributed by atoms with Gasteiger partial charge >= 0.3 is 6.03 Å². The van der Waals surface area contributed by atoms with E-state index in [9.17, 15) is 9.59 Å². The van der Waals surface area contributed by atoms with Crippen molar-refractivity contribution in [2.75, 3.05) is 6.67 Å². The van der Waals surface area contributed by atoms with Crippen LogP contribution in [0.4, 0.5) is 4.79 Å². The minimum Gasteiger partial charge on any atom is -0.323 e. The van der Waals surface area contributed by atoms with E-state index < -0.39 is 5.54 Å². The van der Waals surface area contributed by atoms with Gasteiger partial charge in [0.15, 0.2) is 0 Å². The lowest BCUT2D eigenvalue weighted by atomic mass is 9.90. The first-order valence-corrected chi connectivity index (χ1v) is 10.6. The summed E-state index contributed by atoms with van der Waals surface area (Å²) in [6.45, 7) is 3.36. The van der Waals surface area contributed by atoms with Crippen molar-refractivity contribution in [1.29, 1.82) is 0 Å². The number of aryl methyl sites for hydroxylation is 1. The Morgan fingerprint density at radius 2 is 1.67 bits per heavy atom. The van der Waals surface area contributed by atoms with Crippen LogP contribution in [0.25, 0.3) is 0 Å². The number of amides is 3.